The van der Waals surface area contributed by atoms with Crippen LogP contribution in [0.4, 0.5) is 11.6 Å². The summed E-state index contributed by atoms with van der Waals surface area (Å²) in [4.78, 5) is 4.17. The number of hydrogen-bond donors (Lipinski definition) is 2. The quantitative estimate of drug-likeness (QED) is 0.149. The lowest BCUT2D eigenvalue weighted by Crippen LogP contribution is -2.20. The number of anilines is 2. The molecular formula is C35H52Cl3N5O7S2. The normalized spacial score (nSPS) is 10.9. The van der Waals surface area contributed by atoms with E-state index in [0.29, 0.717) is 67.2 Å². The molecule has 0 saturated heterocycles. The van der Waals surface area contributed by atoms with E-state index in [2.05, 4.69) is 56.3 Å². The monoisotopic (exact) mass is 823 g/mol. The molecule has 0 aliphatic rings. The van der Waals surface area contributed by atoms with Crippen molar-refractivity contribution in [1.82, 2.24) is 15.3 Å². The number of nitrogens with zero attached hydrogens (tertiary/aromatic N) is 3. The second-order valence-electron chi connectivity index (χ2n) is 11.3. The van der Waals surface area contributed by atoms with Crippen LogP contribution in [0, 0.1) is 5.92 Å². The van der Waals surface area contributed by atoms with Gasteiger partial charge in [0.25, 0.3) is 0 Å². The van der Waals surface area contributed by atoms with Gasteiger partial charge in [0, 0.05) is 27.9 Å². The summed E-state index contributed by atoms with van der Waals surface area (Å²) in [6, 6.07) is 4.81. The van der Waals surface area contributed by atoms with Gasteiger partial charge in [0.1, 0.15) is 28.4 Å². The third kappa shape index (κ3) is 19.0. The van der Waals surface area contributed by atoms with Gasteiger partial charge >= 0.3 is 0 Å². The Balaban J connectivity index is 0.000000922. The minimum Gasteiger partial charge on any atom is -0.487 e. The summed E-state index contributed by atoms with van der Waals surface area (Å²) in [5, 5.41) is 9.87. The molecule has 52 heavy (non-hydrogen) atoms. The molecule has 12 nitrogen and oxygen atoms in total. The number of halogens is 3. The van der Waals surface area contributed by atoms with Crippen molar-refractivity contribution in [2.45, 2.75) is 81.8 Å². The summed E-state index contributed by atoms with van der Waals surface area (Å²) in [6.45, 7) is 26.0. The van der Waals surface area contributed by atoms with Crippen molar-refractivity contribution in [3.63, 3.8) is 0 Å². The molecule has 0 aliphatic carbocycles. The number of rotatable bonds is 11. The Bertz CT molecular complexity index is 1930. The van der Waals surface area contributed by atoms with E-state index in [1.807, 2.05) is 48.5 Å². The number of pyridine rings is 1. The van der Waals surface area contributed by atoms with Crippen molar-refractivity contribution in [3.05, 3.63) is 61.2 Å². The second kappa shape index (κ2) is 24.9. The van der Waals surface area contributed by atoms with Crippen LogP contribution in [0.5, 0.6) is 11.6 Å². The smallest absolute Gasteiger partial charge is 0.232 e. The molecule has 4 rings (SSSR count). The van der Waals surface area contributed by atoms with E-state index in [9.17, 15) is 12.6 Å². The van der Waals surface area contributed by atoms with E-state index in [4.69, 9.17) is 48.8 Å². The van der Waals surface area contributed by atoms with Crippen LogP contribution in [0.3, 0.4) is 0 Å². The van der Waals surface area contributed by atoms with Gasteiger partial charge in [0.05, 0.1) is 29.7 Å². The molecule has 1 unspecified atom stereocenters. The van der Waals surface area contributed by atoms with Crippen molar-refractivity contribution in [3.8, 4) is 11.6 Å². The Morgan fingerprint density at radius 1 is 0.981 bits per heavy atom. The number of unbranched alkanes of at least 4 members (excludes halogenated alkanes) is 1. The fraction of sp³-hybridized carbons (Fsp3) is 0.457. The van der Waals surface area contributed by atoms with E-state index in [1.165, 1.54) is 30.9 Å². The molecule has 0 saturated carbocycles. The van der Waals surface area contributed by atoms with Crippen molar-refractivity contribution < 1.29 is 31.1 Å². The highest BCUT2D eigenvalue weighted by Gasteiger charge is 2.16. The maximum Gasteiger partial charge on any atom is 0.232 e. The second-order valence-corrected chi connectivity index (χ2v) is 15.6. The Hall–Kier alpha value is -3.30. The molecule has 292 valence electrons. The summed E-state index contributed by atoms with van der Waals surface area (Å²) in [7, 11) is -4.65. The SMILES string of the molecule is C=c1onc(NS(C)=O)c1=C.CC.CC(C)=C(C)Cl.CC(C)COc1ncc(OCc2cc3onc(NS(C)(=O)=O)c3cc2Cl)cc1Cl.CCCC. The zero-order chi connectivity index (χ0) is 40.2. The Morgan fingerprint density at radius 3 is 2.00 bits per heavy atom. The van der Waals surface area contributed by atoms with Crippen LogP contribution in [0.1, 0.15) is 80.7 Å². The van der Waals surface area contributed by atoms with E-state index in [-0.39, 0.29) is 12.4 Å². The molecule has 17 heteroatoms. The van der Waals surface area contributed by atoms with Crippen LogP contribution in [0.2, 0.25) is 10.0 Å². The van der Waals surface area contributed by atoms with Gasteiger partial charge in [-0.3, -0.25) is 9.44 Å². The molecule has 0 fully saturated rings. The van der Waals surface area contributed by atoms with Gasteiger partial charge < -0.3 is 18.5 Å². The fourth-order valence-corrected chi connectivity index (χ4v) is 4.28. The first-order valence-electron chi connectivity index (χ1n) is 16.3. The Morgan fingerprint density at radius 2 is 1.56 bits per heavy atom. The van der Waals surface area contributed by atoms with Crippen LogP contribution >= 0.6 is 34.8 Å². The molecule has 1 atom stereocenters. The molecule has 4 aromatic rings. The van der Waals surface area contributed by atoms with Gasteiger partial charge in [-0.05, 0) is 38.8 Å². The summed E-state index contributed by atoms with van der Waals surface area (Å²) in [6.07, 6.45) is 6.67. The molecule has 2 N–H and O–H groups in total. The van der Waals surface area contributed by atoms with E-state index in [1.54, 1.807) is 18.2 Å². The van der Waals surface area contributed by atoms with Crippen LogP contribution in [0.15, 0.2) is 44.0 Å². The number of sulfonamides is 1. The average Bonchev–Trinajstić information content (AvgIpc) is 3.60. The lowest BCUT2D eigenvalue weighted by molar-refractivity contribution is 0.259. The molecule has 0 radical (unpaired) electrons. The van der Waals surface area contributed by atoms with Crippen molar-refractivity contribution >= 4 is 91.6 Å². The predicted molar refractivity (Wildman–Crippen MR) is 218 cm³/mol. The van der Waals surface area contributed by atoms with Crippen LogP contribution in [0.25, 0.3) is 24.1 Å². The standard InChI is InChI=1S/C18H19Cl2N3O5S.C6H8N2O2S.C5H9Cl.C4H10.C2H6/c1-10(2)8-27-18-15(20)5-12(7-21-18)26-9-11-4-16-13(6-14(11)19)17(22-28-16)23-29(3,24)25;1-4-5(2)10-7-6(4)8-11(3)9;1-4(2)5(3)6;1-3-4-2;1-2/h4-7,10H,8-9H2,1-3H3,(H,22,23);1-2H2,3H3,(H,7,8);1-3H3;3-4H2,1-2H3;1-2H3. The van der Waals surface area contributed by atoms with Crippen molar-refractivity contribution in [2.24, 2.45) is 5.92 Å². The van der Waals surface area contributed by atoms with Gasteiger partial charge in [-0.25, -0.2) is 17.6 Å². The molecule has 1 aromatic carbocycles. The number of aromatic nitrogens is 3. The van der Waals surface area contributed by atoms with Crippen LogP contribution in [-0.2, 0) is 27.6 Å². The first kappa shape index (κ1) is 48.7. The predicted octanol–water partition coefficient (Wildman–Crippen LogP) is 9.09. The first-order chi connectivity index (χ1) is 24.3. The van der Waals surface area contributed by atoms with Crippen LogP contribution < -0.4 is 29.6 Å². The highest BCUT2D eigenvalue weighted by molar-refractivity contribution is 7.92. The van der Waals surface area contributed by atoms with E-state index < -0.39 is 21.0 Å². The molecule has 0 bridgehead atoms. The van der Waals surface area contributed by atoms with Gasteiger partial charge in [-0.1, -0.05) is 118 Å². The minimum atomic E-state index is -3.49. The molecule has 3 aromatic heterocycles. The molecule has 0 spiro atoms. The topological polar surface area (TPSA) is 159 Å². The van der Waals surface area contributed by atoms with Crippen molar-refractivity contribution in [2.75, 3.05) is 28.6 Å². The van der Waals surface area contributed by atoms with Gasteiger partial charge in [-0.2, -0.15) is 0 Å². The summed E-state index contributed by atoms with van der Waals surface area (Å²) in [5.74, 6) is 1.60. The third-order valence-corrected chi connectivity index (χ3v) is 8.00. The lowest BCUT2D eigenvalue weighted by Gasteiger charge is -2.11. The molecule has 0 amide bonds. The average molecular weight is 825 g/mol. The Labute approximate surface area is 325 Å². The largest absolute Gasteiger partial charge is 0.487 e. The summed E-state index contributed by atoms with van der Waals surface area (Å²) < 4.78 is 59.4. The number of benzene rings is 1. The van der Waals surface area contributed by atoms with Crippen molar-refractivity contribution in [1.29, 1.82) is 0 Å². The number of nitrogens with one attached hydrogen (secondary N) is 2. The fourth-order valence-electron chi connectivity index (χ4n) is 2.92. The summed E-state index contributed by atoms with van der Waals surface area (Å²) >= 11 is 18.0. The zero-order valence-corrected chi connectivity index (χ0v) is 35.7. The zero-order valence-electron chi connectivity index (χ0n) is 31.8. The Kier molecular flexibility index (Phi) is 23.3. The molecule has 0 aliphatic heterocycles. The number of allylic oxidation sites excluding steroid dienone is 2. The third-order valence-electron chi connectivity index (χ3n) is 5.95. The maximum atomic E-state index is 11.4. The van der Waals surface area contributed by atoms with Gasteiger partial charge in [-0.15, -0.1) is 0 Å². The lowest BCUT2D eigenvalue weighted by atomic mass is 10.2. The first-order valence-corrected chi connectivity index (χ1v) is 20.9. The van der Waals surface area contributed by atoms with Gasteiger partial charge in [0.2, 0.25) is 15.9 Å². The van der Waals surface area contributed by atoms with Crippen LogP contribution in [-0.4, -0.2) is 47.0 Å². The highest BCUT2D eigenvalue weighted by Crippen LogP contribution is 2.31. The number of hydrogen-bond acceptors (Lipinski definition) is 10. The molecule has 3 heterocycles. The van der Waals surface area contributed by atoms with E-state index in [0.717, 1.165) is 11.3 Å². The number of fused-ring (bicyclic) bond motifs is 1. The highest BCUT2D eigenvalue weighted by atomic mass is 35.5. The number of ether oxygens (including phenoxy) is 2. The van der Waals surface area contributed by atoms with Gasteiger partial charge in [0.15, 0.2) is 22.6 Å². The van der Waals surface area contributed by atoms with E-state index >= 15 is 0 Å². The molecular weight excluding hydrogens is 773 g/mol. The maximum absolute atomic E-state index is 11.4. The summed E-state index contributed by atoms with van der Waals surface area (Å²) in [5.41, 5.74) is 2.57. The minimum absolute atomic E-state index is 0.0739.